The van der Waals surface area contributed by atoms with Gasteiger partial charge in [-0.05, 0) is 20.8 Å². The Bertz CT molecular complexity index is 337. The Balaban J connectivity index is 2.51. The third-order valence-electron chi connectivity index (χ3n) is 1.45. The highest BCUT2D eigenvalue weighted by Crippen LogP contribution is 2.15. The molecule has 5 nitrogen and oxygen atoms in total. The Kier molecular flexibility index (Phi) is 3.36. The smallest absolute Gasteiger partial charge is 0.412 e. The minimum atomic E-state index is -0.548. The molecule has 0 unspecified atom stereocenters. The zero-order valence-corrected chi connectivity index (χ0v) is 9.03. The fraction of sp³-hybridized carbons (Fsp3) is 0.500. The molecular weight excluding hydrogens is 198 g/mol. The summed E-state index contributed by atoms with van der Waals surface area (Å²) in [4.78, 5) is 11.3. The number of hydrogen-bond acceptors (Lipinski definition) is 4. The van der Waals surface area contributed by atoms with Gasteiger partial charge in [-0.3, -0.25) is 5.32 Å². The lowest BCUT2D eigenvalue weighted by Crippen LogP contribution is -2.27. The number of carbonyl (C=O) groups excluding carboxylic acids is 1. The topological polar surface area (TPSA) is 71.7 Å². The van der Waals surface area contributed by atoms with E-state index in [9.17, 15) is 4.79 Å². The first-order valence-electron chi connectivity index (χ1n) is 4.59. The second-order valence-corrected chi connectivity index (χ2v) is 4.09. The molecule has 0 fully saturated rings. The van der Waals surface area contributed by atoms with Gasteiger partial charge in [0.05, 0.1) is 5.69 Å². The molecule has 84 valence electrons. The highest BCUT2D eigenvalue weighted by molar-refractivity contribution is 5.84. The molecule has 0 spiro atoms. The standard InChI is InChI=1S/C10H15NO4/c1-10(2,3)15-9(13)11-7-4-8(5-12)14-6-7/h4,6,12H,5H2,1-3H3,(H,11,13). The molecule has 1 heterocycles. The van der Waals surface area contributed by atoms with Gasteiger partial charge in [0.2, 0.25) is 0 Å². The van der Waals surface area contributed by atoms with E-state index in [1.165, 1.54) is 12.3 Å². The van der Waals surface area contributed by atoms with Crippen molar-refractivity contribution in [3.8, 4) is 0 Å². The molecule has 1 aromatic heterocycles. The molecule has 1 amide bonds. The Labute approximate surface area is 88.0 Å². The third kappa shape index (κ3) is 4.03. The molecular formula is C10H15NO4. The molecule has 0 atom stereocenters. The van der Waals surface area contributed by atoms with E-state index in [0.717, 1.165) is 0 Å². The molecule has 0 aliphatic rings. The van der Waals surface area contributed by atoms with Gasteiger partial charge in [-0.25, -0.2) is 4.79 Å². The number of anilines is 1. The number of rotatable bonds is 2. The quantitative estimate of drug-likeness (QED) is 0.789. The van der Waals surface area contributed by atoms with Crippen LogP contribution in [0, 0.1) is 0 Å². The van der Waals surface area contributed by atoms with Crippen molar-refractivity contribution in [3.05, 3.63) is 18.1 Å². The van der Waals surface area contributed by atoms with Crippen molar-refractivity contribution in [1.29, 1.82) is 0 Å². The van der Waals surface area contributed by atoms with Gasteiger partial charge in [0.25, 0.3) is 0 Å². The largest absolute Gasteiger partial charge is 0.465 e. The highest BCUT2D eigenvalue weighted by atomic mass is 16.6. The van der Waals surface area contributed by atoms with E-state index in [0.29, 0.717) is 11.4 Å². The minimum Gasteiger partial charge on any atom is -0.465 e. The summed E-state index contributed by atoms with van der Waals surface area (Å²) in [5.74, 6) is 0.390. The summed E-state index contributed by atoms with van der Waals surface area (Å²) in [6, 6.07) is 1.53. The summed E-state index contributed by atoms with van der Waals surface area (Å²) < 4.78 is 9.95. The average molecular weight is 213 g/mol. The van der Waals surface area contributed by atoms with Crippen LogP contribution in [0.2, 0.25) is 0 Å². The fourth-order valence-corrected chi connectivity index (χ4v) is 0.951. The van der Waals surface area contributed by atoms with Crippen molar-refractivity contribution in [2.75, 3.05) is 5.32 Å². The number of furan rings is 1. The maximum absolute atomic E-state index is 11.3. The van der Waals surface area contributed by atoms with Crippen LogP contribution in [0.3, 0.4) is 0 Å². The van der Waals surface area contributed by atoms with E-state index >= 15 is 0 Å². The van der Waals surface area contributed by atoms with E-state index in [1.807, 2.05) is 0 Å². The lowest BCUT2D eigenvalue weighted by atomic mass is 10.2. The van der Waals surface area contributed by atoms with E-state index in [4.69, 9.17) is 14.3 Å². The maximum atomic E-state index is 11.3. The molecule has 0 aromatic carbocycles. The zero-order chi connectivity index (χ0) is 11.5. The second-order valence-electron chi connectivity index (χ2n) is 4.09. The fourth-order valence-electron chi connectivity index (χ4n) is 0.951. The molecule has 2 N–H and O–H groups in total. The summed E-state index contributed by atoms with van der Waals surface area (Å²) >= 11 is 0. The highest BCUT2D eigenvalue weighted by Gasteiger charge is 2.16. The van der Waals surface area contributed by atoms with Crippen molar-refractivity contribution in [2.24, 2.45) is 0 Å². The molecule has 0 aliphatic carbocycles. The monoisotopic (exact) mass is 213 g/mol. The zero-order valence-electron chi connectivity index (χ0n) is 9.03. The number of nitrogens with one attached hydrogen (secondary N) is 1. The number of ether oxygens (including phenoxy) is 1. The molecule has 0 aliphatic heterocycles. The third-order valence-corrected chi connectivity index (χ3v) is 1.45. The predicted octanol–water partition coefficient (Wildman–Crippen LogP) is 2.12. The van der Waals surface area contributed by atoms with Crippen LogP contribution in [-0.2, 0) is 11.3 Å². The van der Waals surface area contributed by atoms with E-state index in [-0.39, 0.29) is 6.61 Å². The summed E-state index contributed by atoms with van der Waals surface area (Å²) in [5.41, 5.74) is -0.0681. The lowest BCUT2D eigenvalue weighted by Gasteiger charge is -2.19. The first-order valence-corrected chi connectivity index (χ1v) is 4.59. The number of amides is 1. The Morgan fingerprint density at radius 3 is 2.73 bits per heavy atom. The van der Waals surface area contributed by atoms with Crippen LogP contribution in [0.5, 0.6) is 0 Å². The van der Waals surface area contributed by atoms with E-state index in [1.54, 1.807) is 20.8 Å². The minimum absolute atomic E-state index is 0.198. The average Bonchev–Trinajstić information content (AvgIpc) is 2.48. The van der Waals surface area contributed by atoms with Crippen LogP contribution in [0.1, 0.15) is 26.5 Å². The summed E-state index contributed by atoms with van der Waals surface area (Å²) in [7, 11) is 0. The lowest BCUT2D eigenvalue weighted by molar-refractivity contribution is 0.0636. The van der Waals surface area contributed by atoms with Crippen molar-refractivity contribution in [3.63, 3.8) is 0 Å². The molecule has 5 heteroatoms. The number of carbonyl (C=O) groups is 1. The van der Waals surface area contributed by atoms with Crippen molar-refractivity contribution in [2.45, 2.75) is 33.0 Å². The molecule has 0 saturated carbocycles. The summed E-state index contributed by atoms with van der Waals surface area (Å²) in [6.45, 7) is 5.14. The number of aliphatic hydroxyl groups is 1. The summed E-state index contributed by atoms with van der Waals surface area (Å²) in [5, 5.41) is 11.2. The van der Waals surface area contributed by atoms with Gasteiger partial charge in [0.15, 0.2) is 0 Å². The van der Waals surface area contributed by atoms with E-state index in [2.05, 4.69) is 5.32 Å². The van der Waals surface area contributed by atoms with Crippen LogP contribution >= 0.6 is 0 Å². The van der Waals surface area contributed by atoms with Crippen LogP contribution in [0.4, 0.5) is 10.5 Å². The van der Waals surface area contributed by atoms with Gasteiger partial charge in [-0.15, -0.1) is 0 Å². The van der Waals surface area contributed by atoms with Gasteiger partial charge in [-0.1, -0.05) is 0 Å². The molecule has 1 aromatic rings. The Morgan fingerprint density at radius 1 is 1.60 bits per heavy atom. The van der Waals surface area contributed by atoms with Gasteiger partial charge in [0, 0.05) is 6.07 Å². The van der Waals surface area contributed by atoms with Crippen molar-refractivity contribution in [1.82, 2.24) is 0 Å². The Morgan fingerprint density at radius 2 is 2.27 bits per heavy atom. The molecule has 15 heavy (non-hydrogen) atoms. The maximum Gasteiger partial charge on any atom is 0.412 e. The van der Waals surface area contributed by atoms with Gasteiger partial charge in [0.1, 0.15) is 24.2 Å². The van der Waals surface area contributed by atoms with Gasteiger partial charge >= 0.3 is 6.09 Å². The van der Waals surface area contributed by atoms with Crippen molar-refractivity contribution >= 4 is 11.8 Å². The van der Waals surface area contributed by atoms with Crippen LogP contribution in [0.25, 0.3) is 0 Å². The molecule has 0 radical (unpaired) electrons. The van der Waals surface area contributed by atoms with Crippen LogP contribution < -0.4 is 5.32 Å². The predicted molar refractivity (Wildman–Crippen MR) is 54.5 cm³/mol. The molecule has 1 rings (SSSR count). The van der Waals surface area contributed by atoms with Crippen LogP contribution in [0.15, 0.2) is 16.7 Å². The van der Waals surface area contributed by atoms with E-state index < -0.39 is 11.7 Å². The van der Waals surface area contributed by atoms with Gasteiger partial charge < -0.3 is 14.3 Å². The van der Waals surface area contributed by atoms with Gasteiger partial charge in [-0.2, -0.15) is 0 Å². The second kappa shape index (κ2) is 4.35. The van der Waals surface area contributed by atoms with Crippen molar-refractivity contribution < 1.29 is 19.1 Å². The number of aliphatic hydroxyl groups excluding tert-OH is 1. The SMILES string of the molecule is CC(C)(C)OC(=O)Nc1coc(CO)c1. The normalized spacial score (nSPS) is 11.2. The first kappa shape index (κ1) is 11.6. The first-order chi connectivity index (χ1) is 6.90. The number of hydrogen-bond donors (Lipinski definition) is 2. The Hall–Kier alpha value is -1.49. The summed E-state index contributed by atoms with van der Waals surface area (Å²) in [6.07, 6.45) is 0.794. The molecule has 0 bridgehead atoms. The van der Waals surface area contributed by atoms with Crippen LogP contribution in [-0.4, -0.2) is 16.8 Å². The molecule has 0 saturated heterocycles.